The van der Waals surface area contributed by atoms with Gasteiger partial charge in [0.1, 0.15) is 0 Å². The molecule has 0 aliphatic heterocycles. The molecule has 1 unspecified atom stereocenters. The van der Waals surface area contributed by atoms with Crippen molar-refractivity contribution >= 4 is 10.9 Å². The van der Waals surface area contributed by atoms with E-state index in [-0.39, 0.29) is 6.04 Å². The van der Waals surface area contributed by atoms with Crippen molar-refractivity contribution in [3.8, 4) is 0 Å². The Morgan fingerprint density at radius 2 is 2.21 bits per heavy atom. The Hall–Kier alpha value is -2.21. The molecule has 1 aromatic carbocycles. The highest BCUT2D eigenvalue weighted by molar-refractivity contribution is 5.83. The van der Waals surface area contributed by atoms with Crippen LogP contribution in [0.15, 0.2) is 30.5 Å². The predicted octanol–water partition coefficient (Wildman–Crippen LogP) is 1.54. The lowest BCUT2D eigenvalue weighted by Crippen LogP contribution is -2.19. The van der Waals surface area contributed by atoms with Crippen molar-refractivity contribution in [1.82, 2.24) is 30.5 Å². The summed E-state index contributed by atoms with van der Waals surface area (Å²) in [6, 6.07) is 8.46. The normalized spacial score (nSPS) is 12.9. The van der Waals surface area contributed by atoms with Crippen molar-refractivity contribution in [2.24, 2.45) is 7.05 Å². The molecule has 2 N–H and O–H groups in total. The maximum absolute atomic E-state index is 3.98. The number of hydrogen-bond acceptors (Lipinski definition) is 4. The first-order chi connectivity index (χ1) is 9.25. The number of rotatable bonds is 4. The molecule has 3 aromatic rings. The highest BCUT2D eigenvalue weighted by atomic mass is 15.5. The fourth-order valence-electron chi connectivity index (χ4n) is 2.27. The van der Waals surface area contributed by atoms with Gasteiger partial charge in [-0.05, 0) is 18.6 Å². The molecule has 0 amide bonds. The Labute approximate surface area is 110 Å². The lowest BCUT2D eigenvalue weighted by molar-refractivity contribution is 0.547. The number of nitrogens with one attached hydrogen (secondary N) is 2. The van der Waals surface area contributed by atoms with Gasteiger partial charge in [0.2, 0.25) is 0 Å². The van der Waals surface area contributed by atoms with E-state index in [1.54, 1.807) is 0 Å². The molecule has 0 saturated heterocycles. The minimum absolute atomic E-state index is 0.0673. The molecule has 6 heteroatoms. The molecular weight excluding hydrogens is 240 g/mol. The van der Waals surface area contributed by atoms with Crippen molar-refractivity contribution < 1.29 is 0 Å². The van der Waals surface area contributed by atoms with Crippen LogP contribution in [0.25, 0.3) is 10.9 Å². The lowest BCUT2D eigenvalue weighted by atomic mass is 10.1. The molecular formula is C13H16N6. The van der Waals surface area contributed by atoms with Crippen LogP contribution in [-0.2, 0) is 13.6 Å². The summed E-state index contributed by atoms with van der Waals surface area (Å²) in [5.41, 5.74) is 2.51. The summed E-state index contributed by atoms with van der Waals surface area (Å²) in [4.78, 5) is 0. The van der Waals surface area contributed by atoms with Gasteiger partial charge in [0.05, 0.1) is 6.04 Å². The Morgan fingerprint density at radius 1 is 1.37 bits per heavy atom. The summed E-state index contributed by atoms with van der Waals surface area (Å²) in [6.07, 6.45) is 2.15. The SMILES string of the molecule is CC(NCc1cn(C)c2ccccc12)c1nn[nH]n1. The number of fused-ring (bicyclic) bond motifs is 1. The van der Waals surface area contributed by atoms with E-state index in [0.717, 1.165) is 6.54 Å². The van der Waals surface area contributed by atoms with Crippen molar-refractivity contribution in [3.05, 3.63) is 41.9 Å². The van der Waals surface area contributed by atoms with Gasteiger partial charge in [-0.15, -0.1) is 10.2 Å². The monoisotopic (exact) mass is 256 g/mol. The number of para-hydroxylation sites is 1. The third kappa shape index (κ3) is 2.22. The molecule has 2 aromatic heterocycles. The van der Waals surface area contributed by atoms with Crippen LogP contribution in [0.1, 0.15) is 24.4 Å². The van der Waals surface area contributed by atoms with E-state index in [0.29, 0.717) is 5.82 Å². The van der Waals surface area contributed by atoms with Crippen LogP contribution >= 0.6 is 0 Å². The molecule has 0 aliphatic rings. The van der Waals surface area contributed by atoms with Gasteiger partial charge in [0.25, 0.3) is 0 Å². The van der Waals surface area contributed by atoms with Crippen LogP contribution in [0.5, 0.6) is 0 Å². The molecule has 19 heavy (non-hydrogen) atoms. The second kappa shape index (κ2) is 4.81. The third-order valence-corrected chi connectivity index (χ3v) is 3.33. The van der Waals surface area contributed by atoms with Gasteiger partial charge < -0.3 is 9.88 Å². The fraction of sp³-hybridized carbons (Fsp3) is 0.308. The Balaban J connectivity index is 1.79. The average Bonchev–Trinajstić information content (AvgIpc) is 3.06. The number of aromatic nitrogens is 5. The van der Waals surface area contributed by atoms with E-state index in [9.17, 15) is 0 Å². The van der Waals surface area contributed by atoms with E-state index >= 15 is 0 Å². The summed E-state index contributed by atoms with van der Waals surface area (Å²) in [5, 5.41) is 18.7. The predicted molar refractivity (Wildman–Crippen MR) is 72.4 cm³/mol. The number of aromatic amines is 1. The maximum Gasteiger partial charge on any atom is 0.191 e. The summed E-state index contributed by atoms with van der Waals surface area (Å²) >= 11 is 0. The molecule has 1 atom stereocenters. The van der Waals surface area contributed by atoms with Crippen LogP contribution < -0.4 is 5.32 Å². The van der Waals surface area contributed by atoms with Crippen LogP contribution in [0, 0.1) is 0 Å². The van der Waals surface area contributed by atoms with E-state index < -0.39 is 0 Å². The maximum atomic E-state index is 3.98. The number of tetrazole rings is 1. The van der Waals surface area contributed by atoms with Gasteiger partial charge in [0.15, 0.2) is 5.82 Å². The highest BCUT2D eigenvalue weighted by Gasteiger charge is 2.11. The highest BCUT2D eigenvalue weighted by Crippen LogP contribution is 2.20. The zero-order chi connectivity index (χ0) is 13.2. The quantitative estimate of drug-likeness (QED) is 0.743. The van der Waals surface area contributed by atoms with Crippen LogP contribution in [-0.4, -0.2) is 25.2 Å². The lowest BCUT2D eigenvalue weighted by Gasteiger charge is -2.08. The molecule has 2 heterocycles. The number of hydrogen-bond donors (Lipinski definition) is 2. The molecule has 98 valence electrons. The Bertz CT molecular complexity index is 670. The molecule has 0 bridgehead atoms. The van der Waals surface area contributed by atoms with Crippen molar-refractivity contribution in [1.29, 1.82) is 0 Å². The summed E-state index contributed by atoms with van der Waals surface area (Å²) < 4.78 is 2.14. The van der Waals surface area contributed by atoms with Gasteiger partial charge in [-0.25, -0.2) is 0 Å². The van der Waals surface area contributed by atoms with Gasteiger partial charge >= 0.3 is 0 Å². The molecule has 0 aliphatic carbocycles. The fourth-order valence-corrected chi connectivity index (χ4v) is 2.27. The van der Waals surface area contributed by atoms with E-state index in [4.69, 9.17) is 0 Å². The first kappa shape index (κ1) is 11.9. The molecule has 0 saturated carbocycles. The van der Waals surface area contributed by atoms with Crippen molar-refractivity contribution in [2.75, 3.05) is 0 Å². The molecule has 0 spiro atoms. The van der Waals surface area contributed by atoms with Crippen LogP contribution in [0.2, 0.25) is 0 Å². The second-order valence-corrected chi connectivity index (χ2v) is 4.65. The zero-order valence-electron chi connectivity index (χ0n) is 11.0. The van der Waals surface area contributed by atoms with E-state index in [1.165, 1.54) is 16.5 Å². The number of H-pyrrole nitrogens is 1. The summed E-state index contributed by atoms with van der Waals surface area (Å²) in [5.74, 6) is 0.681. The van der Waals surface area contributed by atoms with Crippen LogP contribution in [0.4, 0.5) is 0 Å². The topological polar surface area (TPSA) is 71.4 Å². The smallest absolute Gasteiger partial charge is 0.191 e. The number of benzene rings is 1. The Kier molecular flexibility index (Phi) is 3.00. The molecule has 0 fully saturated rings. The first-order valence-electron chi connectivity index (χ1n) is 6.25. The van der Waals surface area contributed by atoms with Gasteiger partial charge in [-0.1, -0.05) is 23.4 Å². The first-order valence-corrected chi connectivity index (χ1v) is 6.25. The second-order valence-electron chi connectivity index (χ2n) is 4.65. The Morgan fingerprint density at radius 3 is 3.00 bits per heavy atom. The minimum atomic E-state index is 0.0673. The standard InChI is InChI=1S/C13H16N6/c1-9(13-15-17-18-16-13)14-7-10-8-19(2)12-6-4-3-5-11(10)12/h3-6,8-9,14H,7H2,1-2H3,(H,15,16,17,18). The van der Waals surface area contributed by atoms with Gasteiger partial charge in [-0.3, -0.25) is 0 Å². The van der Waals surface area contributed by atoms with E-state index in [2.05, 4.69) is 68.0 Å². The largest absolute Gasteiger partial charge is 0.350 e. The molecule has 6 nitrogen and oxygen atoms in total. The van der Waals surface area contributed by atoms with Crippen molar-refractivity contribution in [3.63, 3.8) is 0 Å². The minimum Gasteiger partial charge on any atom is -0.350 e. The average molecular weight is 256 g/mol. The third-order valence-electron chi connectivity index (χ3n) is 3.33. The number of aryl methyl sites for hydroxylation is 1. The van der Waals surface area contributed by atoms with E-state index in [1.807, 2.05) is 6.92 Å². The molecule has 3 rings (SSSR count). The van der Waals surface area contributed by atoms with Crippen LogP contribution in [0.3, 0.4) is 0 Å². The summed E-state index contributed by atoms with van der Waals surface area (Å²) in [6.45, 7) is 2.80. The zero-order valence-corrected chi connectivity index (χ0v) is 11.0. The summed E-state index contributed by atoms with van der Waals surface area (Å²) in [7, 11) is 2.06. The number of nitrogens with zero attached hydrogens (tertiary/aromatic N) is 4. The molecule has 0 radical (unpaired) electrons. The van der Waals surface area contributed by atoms with Gasteiger partial charge in [0, 0.05) is 30.7 Å². The van der Waals surface area contributed by atoms with Crippen molar-refractivity contribution in [2.45, 2.75) is 19.5 Å². The van der Waals surface area contributed by atoms with Gasteiger partial charge in [-0.2, -0.15) is 5.21 Å².